The van der Waals surface area contributed by atoms with Crippen molar-refractivity contribution in [2.45, 2.75) is 46.5 Å². The summed E-state index contributed by atoms with van der Waals surface area (Å²) in [5.41, 5.74) is 0. The molecule has 0 unspecified atom stereocenters. The monoisotopic (exact) mass is 113 g/mol. The molecule has 0 saturated heterocycles. The highest BCUT2D eigenvalue weighted by atomic mass is 14.0. The van der Waals surface area contributed by atoms with Crippen LogP contribution in [0.15, 0.2) is 0 Å². The minimum atomic E-state index is 1.26. The van der Waals surface area contributed by atoms with Crippen LogP contribution < -0.4 is 0 Å². The Balaban J connectivity index is 2.86. The van der Waals surface area contributed by atoms with E-state index in [1.54, 1.807) is 5.92 Å². The summed E-state index contributed by atoms with van der Waals surface area (Å²) in [5, 5.41) is 0. The molecule has 0 aromatic carbocycles. The molecular formula is C8H17. The van der Waals surface area contributed by atoms with Crippen molar-refractivity contribution in [3.8, 4) is 0 Å². The summed E-state index contributed by atoms with van der Waals surface area (Å²) in [4.78, 5) is 0. The van der Waals surface area contributed by atoms with Crippen molar-refractivity contribution in [3.63, 3.8) is 0 Å². The summed E-state index contributed by atoms with van der Waals surface area (Å²) < 4.78 is 0. The van der Waals surface area contributed by atoms with Gasteiger partial charge in [0.15, 0.2) is 0 Å². The molecule has 0 aromatic rings. The lowest BCUT2D eigenvalue weighted by molar-refractivity contribution is 0.692. The average Bonchev–Trinajstić information content (AvgIpc) is 1.83. The van der Waals surface area contributed by atoms with E-state index in [2.05, 4.69) is 20.8 Å². The Morgan fingerprint density at radius 1 is 1.25 bits per heavy atom. The molecule has 0 amide bonds. The van der Waals surface area contributed by atoms with E-state index >= 15 is 0 Å². The van der Waals surface area contributed by atoms with Crippen LogP contribution in [0, 0.1) is 5.92 Å². The molecule has 0 spiro atoms. The van der Waals surface area contributed by atoms with Crippen LogP contribution >= 0.6 is 0 Å². The molecule has 0 N–H and O–H groups in total. The van der Waals surface area contributed by atoms with Gasteiger partial charge in [-0.3, -0.25) is 0 Å². The van der Waals surface area contributed by atoms with Gasteiger partial charge in [-0.05, 0) is 12.3 Å². The topological polar surface area (TPSA) is 0 Å². The van der Waals surface area contributed by atoms with Crippen molar-refractivity contribution in [1.29, 1.82) is 0 Å². The third-order valence-electron chi connectivity index (χ3n) is 1.56. The molecule has 0 heteroatoms. The van der Waals surface area contributed by atoms with Gasteiger partial charge in [-0.15, -0.1) is 0 Å². The highest BCUT2D eigenvalue weighted by Gasteiger charge is 1.95. The van der Waals surface area contributed by atoms with E-state index in [0.29, 0.717) is 0 Å². The summed E-state index contributed by atoms with van der Waals surface area (Å²) in [6, 6.07) is 0. The Hall–Kier alpha value is 0. The molecule has 0 rings (SSSR count). The molecule has 0 aliphatic heterocycles. The fourth-order valence-corrected chi connectivity index (χ4v) is 0.655. The third kappa shape index (κ3) is 4.17. The van der Waals surface area contributed by atoms with Crippen LogP contribution in [0.25, 0.3) is 0 Å². The van der Waals surface area contributed by atoms with Gasteiger partial charge in [-0.2, -0.15) is 0 Å². The van der Waals surface area contributed by atoms with Gasteiger partial charge in [0.1, 0.15) is 0 Å². The molecule has 1 radical (unpaired) electrons. The van der Waals surface area contributed by atoms with E-state index in [4.69, 9.17) is 0 Å². The minimum Gasteiger partial charge on any atom is -0.0654 e. The highest BCUT2D eigenvalue weighted by molar-refractivity contribution is 4.80. The van der Waals surface area contributed by atoms with E-state index < -0.39 is 0 Å². The van der Waals surface area contributed by atoms with Crippen LogP contribution in [0.2, 0.25) is 0 Å². The molecule has 0 bridgehead atoms. The molecule has 0 nitrogen and oxygen atoms in total. The van der Waals surface area contributed by atoms with Crippen molar-refractivity contribution in [3.05, 3.63) is 5.92 Å². The first-order valence-corrected chi connectivity index (χ1v) is 3.62. The van der Waals surface area contributed by atoms with Crippen molar-refractivity contribution >= 4 is 0 Å². The molecule has 8 heavy (non-hydrogen) atoms. The van der Waals surface area contributed by atoms with Gasteiger partial charge in [-0.25, -0.2) is 0 Å². The van der Waals surface area contributed by atoms with Crippen LogP contribution in [-0.2, 0) is 0 Å². The second-order valence-electron chi connectivity index (χ2n) is 2.41. The molecule has 0 aromatic heterocycles. The van der Waals surface area contributed by atoms with Crippen LogP contribution in [-0.4, -0.2) is 0 Å². The SMILES string of the molecule is CCCC[C](C)CC. The van der Waals surface area contributed by atoms with Gasteiger partial charge < -0.3 is 0 Å². The fraction of sp³-hybridized carbons (Fsp3) is 0.875. The van der Waals surface area contributed by atoms with Gasteiger partial charge in [0, 0.05) is 0 Å². The fourth-order valence-electron chi connectivity index (χ4n) is 0.655. The van der Waals surface area contributed by atoms with Gasteiger partial charge in [0.25, 0.3) is 0 Å². The van der Waals surface area contributed by atoms with Gasteiger partial charge in [-0.1, -0.05) is 40.0 Å². The molecule has 0 fully saturated rings. The lowest BCUT2D eigenvalue weighted by atomic mass is 10.0. The van der Waals surface area contributed by atoms with E-state index in [0.717, 1.165) is 0 Å². The lowest BCUT2D eigenvalue weighted by Gasteiger charge is -2.03. The standard InChI is InChI=1S/C8H17/c1-4-6-7-8(3)5-2/h4-7H2,1-3H3. The smallest absolute Gasteiger partial charge is 0.0275 e. The van der Waals surface area contributed by atoms with Crippen LogP contribution in [0.5, 0.6) is 0 Å². The van der Waals surface area contributed by atoms with E-state index in [9.17, 15) is 0 Å². The number of rotatable bonds is 4. The molecule has 0 heterocycles. The number of hydrogen-bond acceptors (Lipinski definition) is 0. The zero-order valence-corrected chi connectivity index (χ0v) is 6.33. The molecule has 0 aliphatic rings. The van der Waals surface area contributed by atoms with Gasteiger partial charge >= 0.3 is 0 Å². The predicted octanol–water partition coefficient (Wildman–Crippen LogP) is 3.18. The minimum absolute atomic E-state index is 1.26. The predicted molar refractivity (Wildman–Crippen MR) is 38.7 cm³/mol. The third-order valence-corrected chi connectivity index (χ3v) is 1.56. The highest BCUT2D eigenvalue weighted by Crippen LogP contribution is 2.12. The molecule has 0 saturated carbocycles. The summed E-state index contributed by atoms with van der Waals surface area (Å²) in [7, 11) is 0. The second kappa shape index (κ2) is 5.14. The lowest BCUT2D eigenvalue weighted by Crippen LogP contribution is -1.86. The van der Waals surface area contributed by atoms with Crippen molar-refractivity contribution < 1.29 is 0 Å². The Kier molecular flexibility index (Phi) is 5.14. The average molecular weight is 113 g/mol. The van der Waals surface area contributed by atoms with Crippen LogP contribution in [0.3, 0.4) is 0 Å². The van der Waals surface area contributed by atoms with E-state index in [-0.39, 0.29) is 0 Å². The molecule has 0 aliphatic carbocycles. The van der Waals surface area contributed by atoms with E-state index in [1.165, 1.54) is 25.7 Å². The summed E-state index contributed by atoms with van der Waals surface area (Å²) in [5.74, 6) is 1.65. The van der Waals surface area contributed by atoms with E-state index in [1.807, 2.05) is 0 Å². The van der Waals surface area contributed by atoms with Crippen molar-refractivity contribution in [1.82, 2.24) is 0 Å². The summed E-state index contributed by atoms with van der Waals surface area (Å²) in [6.45, 7) is 6.71. The molecule has 0 atom stereocenters. The van der Waals surface area contributed by atoms with Gasteiger partial charge in [0.05, 0.1) is 0 Å². The zero-order valence-electron chi connectivity index (χ0n) is 6.33. The second-order valence-corrected chi connectivity index (χ2v) is 2.41. The van der Waals surface area contributed by atoms with Crippen molar-refractivity contribution in [2.24, 2.45) is 0 Å². The maximum Gasteiger partial charge on any atom is -0.0275 e. The van der Waals surface area contributed by atoms with Gasteiger partial charge in [0.2, 0.25) is 0 Å². The quantitative estimate of drug-likeness (QED) is 0.525. The normalized spacial score (nSPS) is 10.5. The van der Waals surface area contributed by atoms with Crippen LogP contribution in [0.1, 0.15) is 46.5 Å². The van der Waals surface area contributed by atoms with Crippen molar-refractivity contribution in [2.75, 3.05) is 0 Å². The number of unbranched alkanes of at least 4 members (excludes halogenated alkanes) is 1. The first-order valence-electron chi connectivity index (χ1n) is 3.62. The zero-order chi connectivity index (χ0) is 6.41. The summed E-state index contributed by atoms with van der Waals surface area (Å²) >= 11 is 0. The summed E-state index contributed by atoms with van der Waals surface area (Å²) in [6.07, 6.45) is 5.31. The first-order chi connectivity index (χ1) is 3.81. The molecule has 49 valence electrons. The Labute approximate surface area is 53.3 Å². The maximum atomic E-state index is 2.25. The Morgan fingerprint density at radius 3 is 2.25 bits per heavy atom. The first kappa shape index (κ1) is 8.00. The number of hydrogen-bond donors (Lipinski definition) is 0. The molecular weight excluding hydrogens is 96.1 g/mol. The largest absolute Gasteiger partial charge is 0.0654 e. The Bertz CT molecular complexity index is 39.3. The Morgan fingerprint density at radius 2 is 1.88 bits per heavy atom. The van der Waals surface area contributed by atoms with Crippen LogP contribution in [0.4, 0.5) is 0 Å². The maximum absolute atomic E-state index is 2.25.